The zero-order chi connectivity index (χ0) is 17.5. The molecule has 0 bridgehead atoms. The molecule has 4 N–H and O–H groups in total. The Morgan fingerprint density at radius 2 is 1.96 bits per heavy atom. The zero-order valence-electron chi connectivity index (χ0n) is 13.1. The van der Waals surface area contributed by atoms with Crippen molar-refractivity contribution in [3.63, 3.8) is 0 Å². The van der Waals surface area contributed by atoms with Crippen LogP contribution in [0.3, 0.4) is 0 Å². The van der Waals surface area contributed by atoms with Crippen LogP contribution in [0.5, 0.6) is 0 Å². The highest BCUT2D eigenvalue weighted by Crippen LogP contribution is 2.18. The molecule has 0 saturated heterocycles. The van der Waals surface area contributed by atoms with Gasteiger partial charge in [-0.25, -0.2) is 4.98 Å². The summed E-state index contributed by atoms with van der Waals surface area (Å²) in [6.45, 7) is 0. The van der Waals surface area contributed by atoms with Gasteiger partial charge in [-0.1, -0.05) is 18.2 Å². The third-order valence-corrected chi connectivity index (χ3v) is 3.22. The summed E-state index contributed by atoms with van der Waals surface area (Å²) < 4.78 is 5.35. The molecule has 126 valence electrons. The smallest absolute Gasteiger partial charge is 0.242 e. The van der Waals surface area contributed by atoms with E-state index >= 15 is 0 Å². The number of amides is 3. The summed E-state index contributed by atoms with van der Waals surface area (Å²) in [5.74, 6) is -1.24. The van der Waals surface area contributed by atoms with Crippen LogP contribution in [0.4, 0.5) is 0 Å². The Morgan fingerprint density at radius 1 is 1.25 bits per heavy atom. The third kappa shape index (κ3) is 4.67. The first-order chi connectivity index (χ1) is 11.5. The number of likely N-dealkylation sites (N-methyl/N-ethyl adjacent to an activating group) is 1. The van der Waals surface area contributed by atoms with Crippen LogP contribution in [0.2, 0.25) is 0 Å². The minimum absolute atomic E-state index is 0.0808. The lowest BCUT2D eigenvalue weighted by atomic mass is 10.1. The Labute approximate surface area is 138 Å². The van der Waals surface area contributed by atoms with Gasteiger partial charge in [0.05, 0.1) is 18.5 Å². The lowest BCUT2D eigenvalue weighted by molar-refractivity contribution is -0.130. The summed E-state index contributed by atoms with van der Waals surface area (Å²) in [6, 6.07) is 8.24. The maximum absolute atomic E-state index is 12.0. The number of benzene rings is 1. The second kappa shape index (κ2) is 7.91. The average Bonchev–Trinajstić information content (AvgIpc) is 3.02. The van der Waals surface area contributed by atoms with Crippen molar-refractivity contribution < 1.29 is 18.8 Å². The van der Waals surface area contributed by atoms with Gasteiger partial charge in [0.25, 0.3) is 0 Å². The van der Waals surface area contributed by atoms with Crippen LogP contribution in [-0.2, 0) is 20.8 Å². The summed E-state index contributed by atoms with van der Waals surface area (Å²) in [6.07, 6.45) is 1.02. The first kappa shape index (κ1) is 17.2. The van der Waals surface area contributed by atoms with Crippen LogP contribution < -0.4 is 16.4 Å². The summed E-state index contributed by atoms with van der Waals surface area (Å²) in [5, 5.41) is 4.83. The molecule has 8 heteroatoms. The number of carbonyl (C=O) groups is 3. The second-order valence-electron chi connectivity index (χ2n) is 5.09. The van der Waals surface area contributed by atoms with Crippen molar-refractivity contribution in [2.45, 2.75) is 18.9 Å². The molecular formula is C16H18N4O4. The van der Waals surface area contributed by atoms with E-state index in [0.29, 0.717) is 11.6 Å². The first-order valence-corrected chi connectivity index (χ1v) is 7.28. The van der Waals surface area contributed by atoms with Crippen molar-refractivity contribution >= 4 is 17.7 Å². The Hall–Kier alpha value is -3.16. The molecule has 0 unspecified atom stereocenters. The van der Waals surface area contributed by atoms with E-state index in [-0.39, 0.29) is 12.8 Å². The molecule has 1 atom stereocenters. The summed E-state index contributed by atoms with van der Waals surface area (Å²) >= 11 is 0. The molecule has 0 aliphatic rings. The van der Waals surface area contributed by atoms with E-state index < -0.39 is 23.8 Å². The van der Waals surface area contributed by atoms with Gasteiger partial charge in [-0.05, 0) is 12.1 Å². The number of nitrogens with zero attached hydrogens (tertiary/aromatic N) is 1. The number of primary amides is 1. The van der Waals surface area contributed by atoms with Crippen LogP contribution in [0.25, 0.3) is 11.5 Å². The maximum Gasteiger partial charge on any atom is 0.242 e. The van der Waals surface area contributed by atoms with Gasteiger partial charge in [0.15, 0.2) is 0 Å². The number of nitrogens with one attached hydrogen (secondary N) is 2. The van der Waals surface area contributed by atoms with Crippen LogP contribution in [0, 0.1) is 0 Å². The number of hydrogen-bond donors (Lipinski definition) is 3. The number of aromatic nitrogens is 1. The normalized spacial score (nSPS) is 11.5. The third-order valence-electron chi connectivity index (χ3n) is 3.22. The molecule has 0 aliphatic carbocycles. The predicted molar refractivity (Wildman–Crippen MR) is 85.5 cm³/mol. The van der Waals surface area contributed by atoms with Crippen molar-refractivity contribution in [1.29, 1.82) is 0 Å². The highest BCUT2D eigenvalue weighted by atomic mass is 16.3. The standard InChI is InChI=1S/C16H18N4O4/c1-18-15(23)12(8-13(17)21)20-14(22)7-11-9-24-16(19-11)10-5-3-2-4-6-10/h2-6,9,12H,7-8H2,1H3,(H2,17,21)(H,18,23)(H,20,22)/t12-/m0/s1. The molecule has 1 aromatic heterocycles. The SMILES string of the molecule is CNC(=O)[C@H](CC(N)=O)NC(=O)Cc1coc(-c2ccccc2)n1. The molecule has 2 aromatic rings. The second-order valence-corrected chi connectivity index (χ2v) is 5.09. The Morgan fingerprint density at radius 3 is 2.58 bits per heavy atom. The average molecular weight is 330 g/mol. The topological polar surface area (TPSA) is 127 Å². The minimum atomic E-state index is -1.01. The van der Waals surface area contributed by atoms with E-state index in [4.69, 9.17) is 10.2 Å². The molecule has 2 rings (SSSR count). The fraction of sp³-hybridized carbons (Fsp3) is 0.250. The number of hydrogen-bond acceptors (Lipinski definition) is 5. The fourth-order valence-electron chi connectivity index (χ4n) is 2.10. The van der Waals surface area contributed by atoms with Gasteiger partial charge in [0, 0.05) is 12.6 Å². The van der Waals surface area contributed by atoms with Crippen molar-refractivity contribution in [3.8, 4) is 11.5 Å². The number of oxazole rings is 1. The number of rotatable bonds is 7. The molecule has 1 heterocycles. The molecular weight excluding hydrogens is 312 g/mol. The van der Waals surface area contributed by atoms with E-state index in [2.05, 4.69) is 15.6 Å². The first-order valence-electron chi connectivity index (χ1n) is 7.28. The Balaban J connectivity index is 2.00. The van der Waals surface area contributed by atoms with E-state index in [1.54, 1.807) is 0 Å². The van der Waals surface area contributed by atoms with Crippen LogP contribution in [0.1, 0.15) is 12.1 Å². The van der Waals surface area contributed by atoms with Crippen molar-refractivity contribution in [3.05, 3.63) is 42.3 Å². The maximum atomic E-state index is 12.0. The molecule has 0 spiro atoms. The van der Waals surface area contributed by atoms with Gasteiger partial charge in [-0.15, -0.1) is 0 Å². The molecule has 8 nitrogen and oxygen atoms in total. The van der Waals surface area contributed by atoms with Crippen LogP contribution in [0.15, 0.2) is 41.0 Å². The molecule has 3 amide bonds. The highest BCUT2D eigenvalue weighted by Gasteiger charge is 2.22. The van der Waals surface area contributed by atoms with Crippen LogP contribution >= 0.6 is 0 Å². The highest BCUT2D eigenvalue weighted by molar-refractivity contribution is 5.91. The summed E-state index contributed by atoms with van der Waals surface area (Å²) in [5.41, 5.74) is 6.29. The minimum Gasteiger partial charge on any atom is -0.444 e. The van der Waals surface area contributed by atoms with Crippen LogP contribution in [-0.4, -0.2) is 35.8 Å². The van der Waals surface area contributed by atoms with Gasteiger partial charge in [-0.3, -0.25) is 14.4 Å². The number of nitrogens with two attached hydrogens (primary N) is 1. The molecule has 1 aromatic carbocycles. The fourth-order valence-corrected chi connectivity index (χ4v) is 2.10. The molecule has 0 fully saturated rings. The summed E-state index contributed by atoms with van der Waals surface area (Å²) in [7, 11) is 1.41. The van der Waals surface area contributed by atoms with Crippen molar-refractivity contribution in [1.82, 2.24) is 15.6 Å². The lowest BCUT2D eigenvalue weighted by Crippen LogP contribution is -2.48. The predicted octanol–water partition coefficient (Wildman–Crippen LogP) is -0.00970. The van der Waals surface area contributed by atoms with Crippen molar-refractivity contribution in [2.75, 3.05) is 7.05 Å². The largest absolute Gasteiger partial charge is 0.444 e. The van der Waals surface area contributed by atoms with Gasteiger partial charge >= 0.3 is 0 Å². The van der Waals surface area contributed by atoms with E-state index in [1.807, 2.05) is 30.3 Å². The molecule has 0 radical (unpaired) electrons. The van der Waals surface area contributed by atoms with E-state index in [0.717, 1.165) is 5.56 Å². The Bertz CT molecular complexity index is 727. The Kier molecular flexibility index (Phi) is 5.67. The lowest BCUT2D eigenvalue weighted by Gasteiger charge is -2.15. The van der Waals surface area contributed by atoms with E-state index in [9.17, 15) is 14.4 Å². The van der Waals surface area contributed by atoms with Gasteiger partial charge < -0.3 is 20.8 Å². The monoisotopic (exact) mass is 330 g/mol. The quantitative estimate of drug-likeness (QED) is 0.658. The van der Waals surface area contributed by atoms with Gasteiger partial charge in [0.1, 0.15) is 12.3 Å². The summed E-state index contributed by atoms with van der Waals surface area (Å²) in [4.78, 5) is 38.9. The molecule has 24 heavy (non-hydrogen) atoms. The van der Waals surface area contributed by atoms with Gasteiger partial charge in [0.2, 0.25) is 23.6 Å². The van der Waals surface area contributed by atoms with Crippen molar-refractivity contribution in [2.24, 2.45) is 5.73 Å². The zero-order valence-corrected chi connectivity index (χ0v) is 13.1. The number of carbonyl (C=O) groups excluding carboxylic acids is 3. The molecule has 0 saturated carbocycles. The van der Waals surface area contributed by atoms with E-state index in [1.165, 1.54) is 13.3 Å². The molecule has 0 aliphatic heterocycles. The van der Waals surface area contributed by atoms with Gasteiger partial charge in [-0.2, -0.15) is 0 Å².